The highest BCUT2D eigenvalue weighted by Crippen LogP contribution is 2.26. The van der Waals surface area contributed by atoms with Crippen LogP contribution < -0.4 is 10.2 Å². The summed E-state index contributed by atoms with van der Waals surface area (Å²) in [6, 6.07) is 10.1. The first kappa shape index (κ1) is 16.3. The lowest BCUT2D eigenvalue weighted by molar-refractivity contribution is 0.0944. The fourth-order valence-electron chi connectivity index (χ4n) is 4.04. The van der Waals surface area contributed by atoms with Gasteiger partial charge in [0.05, 0.1) is 11.3 Å². The van der Waals surface area contributed by atoms with Crippen LogP contribution in [-0.4, -0.2) is 40.1 Å². The number of fused-ring (bicyclic) bond motifs is 2. The van der Waals surface area contributed by atoms with Gasteiger partial charge in [-0.2, -0.15) is 5.10 Å². The van der Waals surface area contributed by atoms with Crippen molar-refractivity contribution in [1.29, 1.82) is 0 Å². The zero-order valence-corrected chi connectivity index (χ0v) is 15.3. The van der Waals surface area contributed by atoms with E-state index in [0.717, 1.165) is 37.3 Å². The predicted octanol–water partition coefficient (Wildman–Crippen LogP) is 2.47. The summed E-state index contributed by atoms with van der Waals surface area (Å²) in [5, 5.41) is 11.9. The number of amides is 1. The van der Waals surface area contributed by atoms with E-state index in [9.17, 15) is 4.79 Å². The van der Waals surface area contributed by atoms with E-state index in [1.165, 1.54) is 24.1 Å². The molecule has 1 amide bonds. The molecular weight excluding hydrogens is 338 g/mol. The van der Waals surface area contributed by atoms with Crippen LogP contribution in [0.3, 0.4) is 0 Å². The maximum absolute atomic E-state index is 12.4. The number of rotatable bonds is 4. The molecule has 0 saturated carbocycles. The Bertz CT molecular complexity index is 956. The third-order valence-electron chi connectivity index (χ3n) is 5.66. The molecule has 1 saturated heterocycles. The maximum Gasteiger partial charge on any atom is 0.252 e. The van der Waals surface area contributed by atoms with Crippen LogP contribution in [0.15, 0.2) is 42.7 Å². The van der Waals surface area contributed by atoms with E-state index >= 15 is 0 Å². The molecule has 1 fully saturated rings. The molecule has 0 bridgehead atoms. The number of nitrogens with one attached hydrogen (secondary N) is 1. The summed E-state index contributed by atoms with van der Waals surface area (Å²) in [4.78, 5) is 14.7. The van der Waals surface area contributed by atoms with Crippen molar-refractivity contribution in [3.8, 4) is 0 Å². The first-order chi connectivity index (χ1) is 13.3. The van der Waals surface area contributed by atoms with Gasteiger partial charge in [-0.15, -0.1) is 5.10 Å². The molecule has 0 atom stereocenters. The number of carbonyl (C=O) groups is 1. The summed E-state index contributed by atoms with van der Waals surface area (Å²) >= 11 is 0. The molecule has 6 nitrogen and oxygen atoms in total. The van der Waals surface area contributed by atoms with Crippen molar-refractivity contribution < 1.29 is 4.79 Å². The molecule has 6 heteroatoms. The number of aromatic nitrogens is 3. The second-order valence-corrected chi connectivity index (χ2v) is 7.62. The summed E-state index contributed by atoms with van der Waals surface area (Å²) in [7, 11) is 0. The predicted molar refractivity (Wildman–Crippen MR) is 104 cm³/mol. The molecule has 5 rings (SSSR count). The number of hydrogen-bond acceptors (Lipinski definition) is 4. The first-order valence-electron chi connectivity index (χ1n) is 9.71. The van der Waals surface area contributed by atoms with Gasteiger partial charge in [0.2, 0.25) is 0 Å². The molecule has 27 heavy (non-hydrogen) atoms. The van der Waals surface area contributed by atoms with Gasteiger partial charge in [0.15, 0.2) is 5.82 Å². The highest BCUT2D eigenvalue weighted by Gasteiger charge is 2.29. The Morgan fingerprint density at radius 3 is 2.93 bits per heavy atom. The van der Waals surface area contributed by atoms with E-state index < -0.39 is 0 Å². The van der Waals surface area contributed by atoms with Gasteiger partial charge in [0, 0.05) is 43.5 Å². The highest BCUT2D eigenvalue weighted by atomic mass is 16.1. The lowest BCUT2D eigenvalue weighted by Crippen LogP contribution is -2.52. The lowest BCUT2D eigenvalue weighted by atomic mass is 9.95. The van der Waals surface area contributed by atoms with E-state index in [-0.39, 0.29) is 5.91 Å². The second kappa shape index (κ2) is 6.68. The normalized spacial score (nSPS) is 16.8. The molecule has 3 aromatic rings. The molecule has 3 aromatic heterocycles. The van der Waals surface area contributed by atoms with E-state index in [4.69, 9.17) is 0 Å². The highest BCUT2D eigenvalue weighted by molar-refractivity contribution is 5.95. The van der Waals surface area contributed by atoms with Gasteiger partial charge in [0.1, 0.15) is 0 Å². The molecule has 1 aliphatic carbocycles. The Morgan fingerprint density at radius 1 is 1.15 bits per heavy atom. The Labute approximate surface area is 158 Å². The van der Waals surface area contributed by atoms with Gasteiger partial charge in [-0.1, -0.05) is 6.07 Å². The minimum atomic E-state index is -0.00859. The molecule has 4 heterocycles. The Morgan fingerprint density at radius 2 is 2.04 bits per heavy atom. The van der Waals surface area contributed by atoms with Gasteiger partial charge in [-0.25, -0.2) is 0 Å². The summed E-state index contributed by atoms with van der Waals surface area (Å²) in [5.74, 6) is 1.44. The molecule has 1 N–H and O–H groups in total. The van der Waals surface area contributed by atoms with Crippen LogP contribution in [0.2, 0.25) is 0 Å². The first-order valence-corrected chi connectivity index (χ1v) is 9.71. The number of aryl methyl sites for hydroxylation is 2. The van der Waals surface area contributed by atoms with Crippen LogP contribution in [-0.2, 0) is 12.8 Å². The quantitative estimate of drug-likeness (QED) is 0.775. The van der Waals surface area contributed by atoms with Crippen molar-refractivity contribution in [2.75, 3.05) is 24.5 Å². The Balaban J connectivity index is 1.15. The number of hydrogen-bond donors (Lipinski definition) is 1. The third kappa shape index (κ3) is 3.16. The van der Waals surface area contributed by atoms with Crippen LogP contribution >= 0.6 is 0 Å². The summed E-state index contributed by atoms with van der Waals surface area (Å²) < 4.78 is 1.97. The van der Waals surface area contributed by atoms with Gasteiger partial charge >= 0.3 is 0 Å². The zero-order valence-electron chi connectivity index (χ0n) is 15.3. The van der Waals surface area contributed by atoms with Crippen LogP contribution in [0, 0.1) is 5.92 Å². The van der Waals surface area contributed by atoms with Gasteiger partial charge in [0.25, 0.3) is 5.91 Å². The Kier molecular flexibility index (Phi) is 4.03. The average Bonchev–Trinajstić information content (AvgIpc) is 3.11. The van der Waals surface area contributed by atoms with Crippen molar-refractivity contribution in [1.82, 2.24) is 19.9 Å². The molecule has 0 aromatic carbocycles. The zero-order chi connectivity index (χ0) is 18.2. The van der Waals surface area contributed by atoms with E-state index in [1.54, 1.807) is 0 Å². The summed E-state index contributed by atoms with van der Waals surface area (Å²) in [6.45, 7) is 2.54. The van der Waals surface area contributed by atoms with Crippen molar-refractivity contribution in [2.45, 2.75) is 25.7 Å². The smallest absolute Gasteiger partial charge is 0.252 e. The number of carbonyl (C=O) groups excluding carboxylic acids is 1. The fourth-order valence-corrected chi connectivity index (χ4v) is 4.04. The summed E-state index contributed by atoms with van der Waals surface area (Å²) in [5.41, 5.74) is 4.28. The molecule has 0 radical (unpaired) electrons. The van der Waals surface area contributed by atoms with Gasteiger partial charge in [-0.3, -0.25) is 4.79 Å². The monoisotopic (exact) mass is 361 g/mol. The molecular formula is C21H23N5O. The molecule has 138 valence electrons. The largest absolute Gasteiger partial charge is 0.354 e. The number of pyridine rings is 1. The number of nitrogens with zero attached hydrogens (tertiary/aromatic N) is 4. The van der Waals surface area contributed by atoms with Gasteiger partial charge < -0.3 is 14.6 Å². The SMILES string of the molecule is O=C(NCC1CN(c2cc3c(nn2)CCCC3)C1)c1cc2ccccn2c1. The Hall–Kier alpha value is -2.89. The third-order valence-corrected chi connectivity index (χ3v) is 5.66. The average molecular weight is 361 g/mol. The van der Waals surface area contributed by atoms with Crippen LogP contribution in [0.25, 0.3) is 5.52 Å². The topological polar surface area (TPSA) is 62.5 Å². The maximum atomic E-state index is 12.4. The molecule has 0 unspecified atom stereocenters. The summed E-state index contributed by atoms with van der Waals surface area (Å²) in [6.07, 6.45) is 8.49. The van der Waals surface area contributed by atoms with Crippen LogP contribution in [0.5, 0.6) is 0 Å². The standard InChI is InChI=1S/C21H23N5O/c27-21(17-9-18-6-3-4-8-25(18)14-17)22-11-15-12-26(13-15)20-10-16-5-1-2-7-19(16)23-24-20/h3-4,6,8-10,14-15H,1-2,5,7,11-13H2,(H,22,27). The molecule has 1 aliphatic heterocycles. The van der Waals surface area contributed by atoms with Crippen molar-refractivity contribution in [3.63, 3.8) is 0 Å². The van der Waals surface area contributed by atoms with Crippen LogP contribution in [0.1, 0.15) is 34.5 Å². The molecule has 0 spiro atoms. The van der Waals surface area contributed by atoms with Crippen LogP contribution in [0.4, 0.5) is 5.82 Å². The lowest BCUT2D eigenvalue weighted by Gasteiger charge is -2.40. The fraction of sp³-hybridized carbons (Fsp3) is 0.381. The second-order valence-electron chi connectivity index (χ2n) is 7.62. The number of anilines is 1. The van der Waals surface area contributed by atoms with Crippen molar-refractivity contribution >= 4 is 17.2 Å². The minimum Gasteiger partial charge on any atom is -0.354 e. The minimum absolute atomic E-state index is 0.00859. The van der Waals surface area contributed by atoms with Crippen molar-refractivity contribution in [3.05, 3.63) is 59.5 Å². The van der Waals surface area contributed by atoms with E-state index in [2.05, 4.69) is 26.5 Å². The molecule has 2 aliphatic rings. The van der Waals surface area contributed by atoms with Crippen molar-refractivity contribution in [2.24, 2.45) is 5.92 Å². The van der Waals surface area contributed by atoms with Gasteiger partial charge in [-0.05, 0) is 55.5 Å². The van der Waals surface area contributed by atoms with E-state index in [1.807, 2.05) is 41.1 Å². The van der Waals surface area contributed by atoms with E-state index in [0.29, 0.717) is 18.0 Å².